The predicted molar refractivity (Wildman–Crippen MR) is 131 cm³/mol. The van der Waals surface area contributed by atoms with Crippen LogP contribution in [0.3, 0.4) is 0 Å². The number of hydrogen-bond donors (Lipinski definition) is 1. The van der Waals surface area contributed by atoms with E-state index in [4.69, 9.17) is 4.74 Å². The van der Waals surface area contributed by atoms with Gasteiger partial charge in [0.1, 0.15) is 5.75 Å². The number of nitrogens with one attached hydrogen (secondary N) is 1. The molecule has 0 fully saturated rings. The minimum atomic E-state index is -3.78. The van der Waals surface area contributed by atoms with Gasteiger partial charge in [0, 0.05) is 32.4 Å². The van der Waals surface area contributed by atoms with Crippen LogP contribution < -0.4 is 20.0 Å². The number of aromatic nitrogens is 2. The Kier molecular flexibility index (Phi) is 5.92. The molecule has 0 aliphatic rings. The first-order valence-electron chi connectivity index (χ1n) is 10.3. The quantitative estimate of drug-likeness (QED) is 0.457. The number of anilines is 2. The van der Waals surface area contributed by atoms with Crippen LogP contribution in [0.15, 0.2) is 76.4 Å². The summed E-state index contributed by atoms with van der Waals surface area (Å²) < 4.78 is 35.1. The third-order valence-corrected chi connectivity index (χ3v) is 7.54. The second-order valence-electron chi connectivity index (χ2n) is 7.75. The van der Waals surface area contributed by atoms with E-state index in [0.717, 1.165) is 9.82 Å². The minimum Gasteiger partial charge on any atom is -0.497 e. The lowest BCUT2D eigenvalue weighted by molar-refractivity contribution is 0.102. The third kappa shape index (κ3) is 4.03. The van der Waals surface area contributed by atoms with Gasteiger partial charge in [0.15, 0.2) is 0 Å². The summed E-state index contributed by atoms with van der Waals surface area (Å²) in [6.45, 7) is 0. The van der Waals surface area contributed by atoms with Gasteiger partial charge in [-0.2, -0.15) is 0 Å². The zero-order valence-electron chi connectivity index (χ0n) is 19.1. The second kappa shape index (κ2) is 8.71. The number of sulfonamides is 1. The number of hydrogen-bond acceptors (Lipinski definition) is 5. The zero-order valence-corrected chi connectivity index (χ0v) is 20.0. The van der Waals surface area contributed by atoms with Gasteiger partial charge in [-0.15, -0.1) is 0 Å². The maximum absolute atomic E-state index is 12.9. The number of rotatable bonds is 6. The molecule has 10 heteroatoms. The van der Waals surface area contributed by atoms with Crippen LogP contribution in [0.1, 0.15) is 10.4 Å². The van der Waals surface area contributed by atoms with Gasteiger partial charge in [0.2, 0.25) is 0 Å². The van der Waals surface area contributed by atoms with Crippen molar-refractivity contribution in [3.8, 4) is 5.75 Å². The van der Waals surface area contributed by atoms with Crippen LogP contribution in [0.4, 0.5) is 11.4 Å². The average Bonchev–Trinajstić information content (AvgIpc) is 3.07. The molecule has 176 valence electrons. The summed E-state index contributed by atoms with van der Waals surface area (Å²) in [5.74, 6) is 0.207. The van der Waals surface area contributed by atoms with Crippen LogP contribution in [-0.4, -0.2) is 37.6 Å². The normalized spacial score (nSPS) is 11.4. The number of amides is 1. The summed E-state index contributed by atoms with van der Waals surface area (Å²) in [7, 11) is 2.55. The summed E-state index contributed by atoms with van der Waals surface area (Å²) in [6, 6.07) is 17.6. The van der Waals surface area contributed by atoms with Crippen LogP contribution in [0.2, 0.25) is 0 Å². The van der Waals surface area contributed by atoms with Gasteiger partial charge < -0.3 is 10.1 Å². The number of ether oxygens (including phenoxy) is 1. The number of nitrogens with zero attached hydrogens (tertiary/aromatic N) is 3. The molecule has 1 amide bonds. The topological polar surface area (TPSA) is 103 Å². The van der Waals surface area contributed by atoms with E-state index in [2.05, 4.69) is 5.32 Å². The number of methoxy groups -OCH3 is 1. The number of carbonyl (C=O) groups is 1. The first-order valence-corrected chi connectivity index (χ1v) is 11.8. The van der Waals surface area contributed by atoms with Gasteiger partial charge in [-0.3, -0.25) is 18.2 Å². The van der Waals surface area contributed by atoms with E-state index < -0.39 is 10.0 Å². The summed E-state index contributed by atoms with van der Waals surface area (Å²) >= 11 is 0. The van der Waals surface area contributed by atoms with E-state index in [1.54, 1.807) is 68.7 Å². The fraction of sp³-hybridized carbons (Fsp3) is 0.167. The van der Waals surface area contributed by atoms with E-state index in [-0.39, 0.29) is 16.5 Å². The molecule has 3 aromatic carbocycles. The summed E-state index contributed by atoms with van der Waals surface area (Å²) in [4.78, 5) is 25.0. The Bertz CT molecular complexity index is 1540. The molecule has 1 aromatic heterocycles. The Morgan fingerprint density at radius 3 is 2.15 bits per heavy atom. The van der Waals surface area contributed by atoms with Crippen molar-refractivity contribution in [3.05, 3.63) is 82.8 Å². The summed E-state index contributed by atoms with van der Waals surface area (Å²) in [5, 5.41) is 2.81. The average molecular weight is 481 g/mol. The van der Waals surface area contributed by atoms with E-state index >= 15 is 0 Å². The van der Waals surface area contributed by atoms with Crippen LogP contribution in [0.25, 0.3) is 11.0 Å². The SMILES string of the molecule is COc1ccc(S(=O)(=O)N(C)c2ccc(C(=O)Nc3ccc4c(c3)n(C)c(=O)n4C)cc2)cc1. The molecular formula is C24H24N4O5S. The van der Waals surface area contributed by atoms with E-state index in [0.29, 0.717) is 28.2 Å². The number of imidazole rings is 1. The van der Waals surface area contributed by atoms with Crippen molar-refractivity contribution in [2.24, 2.45) is 14.1 Å². The maximum Gasteiger partial charge on any atom is 0.328 e. The van der Waals surface area contributed by atoms with Gasteiger partial charge in [-0.05, 0) is 66.7 Å². The van der Waals surface area contributed by atoms with E-state index in [1.807, 2.05) is 0 Å². The van der Waals surface area contributed by atoms with Gasteiger partial charge in [0.05, 0.1) is 28.7 Å². The van der Waals surface area contributed by atoms with Crippen molar-refractivity contribution in [1.82, 2.24) is 9.13 Å². The predicted octanol–water partition coefficient (Wildman–Crippen LogP) is 2.96. The molecule has 0 radical (unpaired) electrons. The monoisotopic (exact) mass is 480 g/mol. The van der Waals surface area contributed by atoms with Crippen LogP contribution in [0, 0.1) is 0 Å². The number of benzene rings is 3. The highest BCUT2D eigenvalue weighted by Gasteiger charge is 2.21. The fourth-order valence-electron chi connectivity index (χ4n) is 3.66. The number of aryl methyl sites for hydroxylation is 2. The number of carbonyl (C=O) groups excluding carboxylic acids is 1. The second-order valence-corrected chi connectivity index (χ2v) is 9.72. The first kappa shape index (κ1) is 23.1. The van der Waals surface area contributed by atoms with E-state index in [9.17, 15) is 18.0 Å². The molecular weight excluding hydrogens is 456 g/mol. The molecule has 1 N–H and O–H groups in total. The van der Waals surface area contributed by atoms with Gasteiger partial charge in [-0.25, -0.2) is 13.2 Å². The Balaban J connectivity index is 1.52. The van der Waals surface area contributed by atoms with Gasteiger partial charge >= 0.3 is 5.69 Å². The molecule has 0 unspecified atom stereocenters. The van der Waals surface area contributed by atoms with Gasteiger partial charge in [-0.1, -0.05) is 0 Å². The maximum atomic E-state index is 12.9. The van der Waals surface area contributed by atoms with Crippen molar-refractivity contribution in [2.75, 3.05) is 23.8 Å². The molecule has 0 aliphatic carbocycles. The minimum absolute atomic E-state index is 0.128. The molecule has 1 heterocycles. The largest absolute Gasteiger partial charge is 0.497 e. The molecule has 0 bridgehead atoms. The Morgan fingerprint density at radius 2 is 1.53 bits per heavy atom. The van der Waals surface area contributed by atoms with Crippen molar-refractivity contribution in [2.45, 2.75) is 4.90 Å². The highest BCUT2D eigenvalue weighted by molar-refractivity contribution is 7.92. The van der Waals surface area contributed by atoms with Crippen molar-refractivity contribution >= 4 is 38.3 Å². The zero-order chi connectivity index (χ0) is 24.6. The van der Waals surface area contributed by atoms with E-state index in [1.165, 1.54) is 35.4 Å². The fourth-order valence-corrected chi connectivity index (χ4v) is 4.85. The molecule has 0 spiro atoms. The molecule has 0 saturated carbocycles. The lowest BCUT2D eigenvalue weighted by Gasteiger charge is -2.20. The highest BCUT2D eigenvalue weighted by atomic mass is 32.2. The molecule has 34 heavy (non-hydrogen) atoms. The van der Waals surface area contributed by atoms with Crippen LogP contribution in [-0.2, 0) is 24.1 Å². The summed E-state index contributed by atoms with van der Waals surface area (Å²) in [5.41, 5.74) is 2.63. The lowest BCUT2D eigenvalue weighted by Crippen LogP contribution is -2.26. The van der Waals surface area contributed by atoms with Crippen LogP contribution >= 0.6 is 0 Å². The third-order valence-electron chi connectivity index (χ3n) is 5.74. The van der Waals surface area contributed by atoms with Crippen molar-refractivity contribution in [1.29, 1.82) is 0 Å². The summed E-state index contributed by atoms with van der Waals surface area (Å²) in [6.07, 6.45) is 0. The lowest BCUT2D eigenvalue weighted by atomic mass is 10.2. The van der Waals surface area contributed by atoms with Crippen molar-refractivity contribution in [3.63, 3.8) is 0 Å². The van der Waals surface area contributed by atoms with Gasteiger partial charge in [0.25, 0.3) is 15.9 Å². The molecule has 0 atom stereocenters. The number of fused-ring (bicyclic) bond motifs is 1. The molecule has 0 saturated heterocycles. The highest BCUT2D eigenvalue weighted by Crippen LogP contribution is 2.24. The standard InChI is InChI=1S/C24H24N4O5S/c1-26-21-14-7-17(15-22(21)27(2)24(26)30)25-23(29)16-5-8-18(9-6-16)28(3)34(31,32)20-12-10-19(33-4)11-13-20/h5-15H,1-4H3,(H,25,29). The smallest absolute Gasteiger partial charge is 0.328 e. The Morgan fingerprint density at radius 1 is 0.912 bits per heavy atom. The molecule has 0 aliphatic heterocycles. The molecule has 4 aromatic rings. The van der Waals surface area contributed by atoms with Crippen LogP contribution in [0.5, 0.6) is 5.75 Å². The van der Waals surface area contributed by atoms with Crippen molar-refractivity contribution < 1.29 is 17.9 Å². The molecule has 4 rings (SSSR count). The molecule has 9 nitrogen and oxygen atoms in total. The first-order chi connectivity index (χ1) is 16.1. The Labute approximate surface area is 196 Å². The Hall–Kier alpha value is -4.05.